The molecule has 7 nitrogen and oxygen atoms in total. The molecule has 0 atom stereocenters. The third kappa shape index (κ3) is 5.23. The second-order valence-electron chi connectivity index (χ2n) is 10.5. The fraction of sp³-hybridized carbons (Fsp3) is 0.577. The van der Waals surface area contributed by atoms with Crippen molar-refractivity contribution in [3.8, 4) is 0 Å². The molecule has 2 heterocycles. The minimum absolute atomic E-state index is 0.0220. The SMILES string of the molecule is CC(C)n1c(N2CCCN(C(=O)c3ccc(C(C)(C)C)cc3)CC2)cc(=O)n(C(C)C)c1=O. The van der Waals surface area contributed by atoms with Crippen LogP contribution in [0.25, 0.3) is 0 Å². The van der Waals surface area contributed by atoms with Gasteiger partial charge in [-0.3, -0.25) is 18.7 Å². The van der Waals surface area contributed by atoms with E-state index in [0.29, 0.717) is 37.6 Å². The van der Waals surface area contributed by atoms with Crippen LogP contribution in [0.3, 0.4) is 0 Å². The topological polar surface area (TPSA) is 67.5 Å². The highest BCUT2D eigenvalue weighted by Crippen LogP contribution is 2.23. The summed E-state index contributed by atoms with van der Waals surface area (Å²) >= 11 is 0. The first kappa shape index (κ1) is 24.8. The van der Waals surface area contributed by atoms with Gasteiger partial charge in [-0.2, -0.15) is 0 Å². The Balaban J connectivity index is 1.84. The van der Waals surface area contributed by atoms with Gasteiger partial charge in [0.1, 0.15) is 5.82 Å². The molecule has 1 saturated heterocycles. The van der Waals surface area contributed by atoms with Crippen LogP contribution in [-0.4, -0.2) is 46.1 Å². The van der Waals surface area contributed by atoms with Crippen LogP contribution in [-0.2, 0) is 5.41 Å². The highest BCUT2D eigenvalue weighted by Gasteiger charge is 2.25. The number of hydrogen-bond donors (Lipinski definition) is 0. The summed E-state index contributed by atoms with van der Waals surface area (Å²) < 4.78 is 3.00. The van der Waals surface area contributed by atoms with Gasteiger partial charge in [-0.05, 0) is 57.2 Å². The van der Waals surface area contributed by atoms with Crippen LogP contribution in [0, 0.1) is 0 Å². The van der Waals surface area contributed by atoms with Gasteiger partial charge in [0, 0.05) is 49.9 Å². The fourth-order valence-corrected chi connectivity index (χ4v) is 4.41. The van der Waals surface area contributed by atoms with Crippen molar-refractivity contribution in [3.63, 3.8) is 0 Å². The summed E-state index contributed by atoms with van der Waals surface area (Å²) in [7, 11) is 0. The number of carbonyl (C=O) groups excluding carboxylic acids is 1. The third-order valence-electron chi connectivity index (χ3n) is 6.29. The summed E-state index contributed by atoms with van der Waals surface area (Å²) in [5.41, 5.74) is 1.37. The molecule has 2 aromatic rings. The van der Waals surface area contributed by atoms with E-state index in [4.69, 9.17) is 0 Å². The molecule has 0 aliphatic carbocycles. The van der Waals surface area contributed by atoms with Crippen LogP contribution < -0.4 is 16.1 Å². The lowest BCUT2D eigenvalue weighted by Crippen LogP contribution is -2.45. The normalized spacial score (nSPS) is 15.3. The molecule has 7 heteroatoms. The number of hydrogen-bond acceptors (Lipinski definition) is 4. The van der Waals surface area contributed by atoms with Crippen molar-refractivity contribution < 1.29 is 4.79 Å². The molecule has 0 N–H and O–H groups in total. The Morgan fingerprint density at radius 1 is 0.848 bits per heavy atom. The molecule has 0 spiro atoms. The summed E-state index contributed by atoms with van der Waals surface area (Å²) in [6, 6.07) is 9.17. The molecule has 1 amide bonds. The van der Waals surface area contributed by atoms with Gasteiger partial charge in [0.25, 0.3) is 11.5 Å². The molecule has 1 aromatic carbocycles. The van der Waals surface area contributed by atoms with Crippen LogP contribution in [0.4, 0.5) is 5.82 Å². The lowest BCUT2D eigenvalue weighted by atomic mass is 9.86. The Bertz CT molecular complexity index is 1100. The van der Waals surface area contributed by atoms with Crippen LogP contribution >= 0.6 is 0 Å². The van der Waals surface area contributed by atoms with E-state index in [2.05, 4.69) is 25.7 Å². The van der Waals surface area contributed by atoms with Crippen molar-refractivity contribution in [1.29, 1.82) is 0 Å². The summed E-state index contributed by atoms with van der Waals surface area (Å²) in [6.45, 7) is 16.5. The van der Waals surface area contributed by atoms with Gasteiger partial charge >= 0.3 is 5.69 Å². The van der Waals surface area contributed by atoms with Crippen molar-refractivity contribution in [1.82, 2.24) is 14.0 Å². The van der Waals surface area contributed by atoms with E-state index >= 15 is 0 Å². The summed E-state index contributed by atoms with van der Waals surface area (Å²) in [6.07, 6.45) is 0.769. The van der Waals surface area contributed by atoms with Crippen molar-refractivity contribution in [3.05, 3.63) is 62.3 Å². The predicted molar refractivity (Wildman–Crippen MR) is 134 cm³/mol. The van der Waals surface area contributed by atoms with E-state index < -0.39 is 0 Å². The first-order valence-corrected chi connectivity index (χ1v) is 11.9. The zero-order valence-electron chi connectivity index (χ0n) is 21.1. The summed E-state index contributed by atoms with van der Waals surface area (Å²) in [4.78, 5) is 42.9. The Hall–Kier alpha value is -2.83. The van der Waals surface area contributed by atoms with Crippen LogP contribution in [0.5, 0.6) is 0 Å². The Labute approximate surface area is 196 Å². The van der Waals surface area contributed by atoms with E-state index in [1.54, 1.807) is 10.6 Å². The standard InChI is InChI=1S/C26H38N4O3/c1-18(2)29-22(17-23(31)30(19(3)4)25(29)33)27-13-8-14-28(16-15-27)24(32)20-9-11-21(12-10-20)26(5,6)7/h9-12,17-19H,8,13-16H2,1-7H3. The first-order chi connectivity index (χ1) is 15.4. The molecule has 0 saturated carbocycles. The number of aromatic nitrogens is 2. The average Bonchev–Trinajstić information content (AvgIpc) is 2.98. The molecule has 3 rings (SSSR count). The van der Waals surface area contributed by atoms with E-state index in [0.717, 1.165) is 6.42 Å². The number of rotatable bonds is 4. The van der Waals surface area contributed by atoms with E-state index in [1.165, 1.54) is 10.1 Å². The highest BCUT2D eigenvalue weighted by molar-refractivity contribution is 5.94. The Morgan fingerprint density at radius 2 is 1.45 bits per heavy atom. The van der Waals surface area contributed by atoms with Gasteiger partial charge in [0.05, 0.1) is 0 Å². The number of nitrogens with zero attached hydrogens (tertiary/aromatic N) is 4. The zero-order chi connectivity index (χ0) is 24.5. The van der Waals surface area contributed by atoms with Crippen molar-refractivity contribution >= 4 is 11.7 Å². The van der Waals surface area contributed by atoms with Crippen molar-refractivity contribution in [2.75, 3.05) is 31.1 Å². The molecule has 1 aliphatic rings. The zero-order valence-corrected chi connectivity index (χ0v) is 21.1. The number of carbonyl (C=O) groups is 1. The summed E-state index contributed by atoms with van der Waals surface area (Å²) in [5, 5.41) is 0. The maximum atomic E-state index is 13.2. The smallest absolute Gasteiger partial charge is 0.333 e. The Kier molecular flexibility index (Phi) is 7.20. The second kappa shape index (κ2) is 9.57. The Morgan fingerprint density at radius 3 is 2.00 bits per heavy atom. The van der Waals surface area contributed by atoms with E-state index in [9.17, 15) is 14.4 Å². The largest absolute Gasteiger partial charge is 0.356 e. The molecule has 0 unspecified atom stereocenters. The van der Waals surface area contributed by atoms with Crippen LogP contribution in [0.15, 0.2) is 39.9 Å². The highest BCUT2D eigenvalue weighted by atomic mass is 16.2. The molecule has 1 fully saturated rings. The molecular weight excluding hydrogens is 416 g/mol. The fourth-order valence-electron chi connectivity index (χ4n) is 4.41. The predicted octanol–water partition coefficient (Wildman–Crippen LogP) is 3.82. The minimum Gasteiger partial charge on any atom is -0.356 e. The van der Waals surface area contributed by atoms with E-state index in [1.807, 2.05) is 56.9 Å². The second-order valence-corrected chi connectivity index (χ2v) is 10.5. The van der Waals surface area contributed by atoms with Crippen LogP contribution in [0.1, 0.15) is 82.9 Å². The molecular formula is C26H38N4O3. The number of anilines is 1. The molecule has 0 bridgehead atoms. The first-order valence-electron chi connectivity index (χ1n) is 11.9. The van der Waals surface area contributed by atoms with Gasteiger partial charge in [0.15, 0.2) is 0 Å². The average molecular weight is 455 g/mol. The van der Waals surface area contributed by atoms with Crippen molar-refractivity contribution in [2.45, 2.75) is 72.4 Å². The monoisotopic (exact) mass is 454 g/mol. The van der Waals surface area contributed by atoms with Crippen LogP contribution in [0.2, 0.25) is 0 Å². The molecule has 1 aromatic heterocycles. The maximum absolute atomic E-state index is 13.2. The number of amides is 1. The molecule has 180 valence electrons. The van der Waals surface area contributed by atoms with E-state index in [-0.39, 0.29) is 34.7 Å². The van der Waals surface area contributed by atoms with Gasteiger partial charge in [-0.15, -0.1) is 0 Å². The van der Waals surface area contributed by atoms with Gasteiger partial charge in [-0.25, -0.2) is 4.79 Å². The number of benzene rings is 1. The van der Waals surface area contributed by atoms with Gasteiger partial charge in [0.2, 0.25) is 0 Å². The maximum Gasteiger partial charge on any atom is 0.333 e. The van der Waals surface area contributed by atoms with Gasteiger partial charge < -0.3 is 9.80 Å². The minimum atomic E-state index is -0.280. The van der Waals surface area contributed by atoms with Crippen molar-refractivity contribution in [2.24, 2.45) is 0 Å². The van der Waals surface area contributed by atoms with Gasteiger partial charge in [-0.1, -0.05) is 32.9 Å². The third-order valence-corrected chi connectivity index (χ3v) is 6.29. The molecule has 33 heavy (non-hydrogen) atoms. The lowest BCUT2D eigenvalue weighted by molar-refractivity contribution is 0.0767. The lowest BCUT2D eigenvalue weighted by Gasteiger charge is -2.29. The summed E-state index contributed by atoms with van der Waals surface area (Å²) in [5.74, 6) is 0.662. The molecule has 0 radical (unpaired) electrons. The quantitative estimate of drug-likeness (QED) is 0.704. The molecule has 1 aliphatic heterocycles.